The SMILES string of the molecule is CCCCN(C(=O)c1cccc(F)n1)C1CCS(=O)(=O)C1. The smallest absolute Gasteiger partial charge is 0.272 e. The largest absolute Gasteiger partial charge is 0.333 e. The van der Waals surface area contributed by atoms with Gasteiger partial charge < -0.3 is 4.90 Å². The Morgan fingerprint density at radius 3 is 2.81 bits per heavy atom. The molecule has 5 nitrogen and oxygen atoms in total. The Bertz CT molecular complexity index is 618. The first-order chi connectivity index (χ1) is 9.93. The van der Waals surface area contributed by atoms with Gasteiger partial charge in [0, 0.05) is 12.6 Å². The van der Waals surface area contributed by atoms with Gasteiger partial charge in [-0.1, -0.05) is 19.4 Å². The first-order valence-corrected chi connectivity index (χ1v) is 8.89. The summed E-state index contributed by atoms with van der Waals surface area (Å²) in [5.74, 6) is -1.03. The van der Waals surface area contributed by atoms with Crippen molar-refractivity contribution in [2.45, 2.75) is 32.2 Å². The second kappa shape index (κ2) is 6.51. The van der Waals surface area contributed by atoms with E-state index in [1.54, 1.807) is 0 Å². The fraction of sp³-hybridized carbons (Fsp3) is 0.571. The molecule has 2 heterocycles. The highest BCUT2D eigenvalue weighted by molar-refractivity contribution is 7.91. The molecule has 1 fully saturated rings. The molecule has 1 aromatic heterocycles. The molecule has 0 N–H and O–H groups in total. The lowest BCUT2D eigenvalue weighted by atomic mass is 10.1. The standard InChI is InChI=1S/C14H19FN2O3S/c1-2-3-8-17(11-7-9-21(19,20)10-11)14(18)12-5-4-6-13(15)16-12/h4-6,11H,2-3,7-10H2,1H3. The zero-order valence-corrected chi connectivity index (χ0v) is 12.8. The van der Waals surface area contributed by atoms with Crippen molar-refractivity contribution < 1.29 is 17.6 Å². The number of hydrogen-bond donors (Lipinski definition) is 0. The number of sulfone groups is 1. The second-order valence-electron chi connectivity index (χ2n) is 5.25. The molecule has 7 heteroatoms. The second-order valence-corrected chi connectivity index (χ2v) is 7.48. The van der Waals surface area contributed by atoms with Crippen molar-refractivity contribution in [2.24, 2.45) is 0 Å². The van der Waals surface area contributed by atoms with Crippen molar-refractivity contribution in [1.82, 2.24) is 9.88 Å². The Morgan fingerprint density at radius 2 is 2.24 bits per heavy atom. The third-order valence-electron chi connectivity index (χ3n) is 3.60. The molecule has 2 rings (SSSR count). The molecule has 1 aromatic rings. The van der Waals surface area contributed by atoms with E-state index in [-0.39, 0.29) is 23.2 Å². The van der Waals surface area contributed by atoms with Crippen LogP contribution in [0.2, 0.25) is 0 Å². The molecule has 1 saturated heterocycles. The van der Waals surface area contributed by atoms with Crippen LogP contribution in [0.25, 0.3) is 0 Å². The highest BCUT2D eigenvalue weighted by Gasteiger charge is 2.35. The summed E-state index contributed by atoms with van der Waals surface area (Å²) in [6, 6.07) is 3.72. The maximum absolute atomic E-state index is 13.2. The van der Waals surface area contributed by atoms with Crippen LogP contribution >= 0.6 is 0 Å². The van der Waals surface area contributed by atoms with Crippen LogP contribution in [0.3, 0.4) is 0 Å². The maximum Gasteiger partial charge on any atom is 0.272 e. The Kier molecular flexibility index (Phi) is 4.92. The summed E-state index contributed by atoms with van der Waals surface area (Å²) < 4.78 is 36.4. The summed E-state index contributed by atoms with van der Waals surface area (Å²) in [6.07, 6.45) is 2.10. The minimum atomic E-state index is -3.08. The quantitative estimate of drug-likeness (QED) is 0.775. The zero-order valence-electron chi connectivity index (χ0n) is 12.0. The van der Waals surface area contributed by atoms with E-state index in [4.69, 9.17) is 0 Å². The van der Waals surface area contributed by atoms with Crippen LogP contribution in [0, 0.1) is 5.95 Å². The van der Waals surface area contributed by atoms with Crippen LogP contribution in [-0.2, 0) is 9.84 Å². The van der Waals surface area contributed by atoms with E-state index in [0.717, 1.165) is 12.8 Å². The Hall–Kier alpha value is -1.50. The summed E-state index contributed by atoms with van der Waals surface area (Å²) >= 11 is 0. The van der Waals surface area contributed by atoms with Gasteiger partial charge in [-0.25, -0.2) is 13.4 Å². The van der Waals surface area contributed by atoms with Crippen molar-refractivity contribution in [1.29, 1.82) is 0 Å². The Morgan fingerprint density at radius 1 is 1.48 bits per heavy atom. The monoisotopic (exact) mass is 314 g/mol. The number of nitrogens with zero attached hydrogens (tertiary/aromatic N) is 2. The highest BCUT2D eigenvalue weighted by atomic mass is 32.2. The molecule has 0 radical (unpaired) electrons. The Labute approximate surface area is 124 Å². The number of carbonyl (C=O) groups excluding carboxylic acids is 1. The molecule has 1 aliphatic heterocycles. The number of halogens is 1. The third-order valence-corrected chi connectivity index (χ3v) is 5.35. The van der Waals surface area contributed by atoms with Crippen LogP contribution < -0.4 is 0 Å². The molecular weight excluding hydrogens is 295 g/mol. The van der Waals surface area contributed by atoms with Crippen LogP contribution in [0.5, 0.6) is 0 Å². The molecule has 0 saturated carbocycles. The minimum absolute atomic E-state index is 0.0161. The lowest BCUT2D eigenvalue weighted by Gasteiger charge is -2.27. The van der Waals surface area contributed by atoms with Crippen molar-refractivity contribution >= 4 is 15.7 Å². The van der Waals surface area contributed by atoms with Crippen molar-refractivity contribution in [3.05, 3.63) is 29.8 Å². The molecule has 0 bridgehead atoms. The minimum Gasteiger partial charge on any atom is -0.333 e. The fourth-order valence-electron chi connectivity index (χ4n) is 2.47. The van der Waals surface area contributed by atoms with Crippen molar-refractivity contribution in [3.63, 3.8) is 0 Å². The molecule has 1 aliphatic rings. The van der Waals surface area contributed by atoms with Gasteiger partial charge in [0.05, 0.1) is 11.5 Å². The van der Waals surface area contributed by atoms with Gasteiger partial charge in [0.1, 0.15) is 5.69 Å². The highest BCUT2D eigenvalue weighted by Crippen LogP contribution is 2.20. The molecule has 1 unspecified atom stereocenters. The number of amides is 1. The van der Waals surface area contributed by atoms with Gasteiger partial charge >= 0.3 is 0 Å². The van der Waals surface area contributed by atoms with Gasteiger partial charge in [0.25, 0.3) is 5.91 Å². The van der Waals surface area contributed by atoms with Gasteiger partial charge in [-0.2, -0.15) is 4.39 Å². The van der Waals surface area contributed by atoms with Crippen molar-refractivity contribution in [3.8, 4) is 0 Å². The summed E-state index contributed by atoms with van der Waals surface area (Å²) in [5.41, 5.74) is 0.0235. The summed E-state index contributed by atoms with van der Waals surface area (Å²) in [7, 11) is -3.08. The lowest BCUT2D eigenvalue weighted by molar-refractivity contribution is 0.0687. The van der Waals surface area contributed by atoms with Crippen LogP contribution in [0.4, 0.5) is 4.39 Å². The van der Waals surface area contributed by atoms with E-state index in [1.165, 1.54) is 23.1 Å². The van der Waals surface area contributed by atoms with E-state index in [9.17, 15) is 17.6 Å². The summed E-state index contributed by atoms with van der Waals surface area (Å²) in [5, 5.41) is 0. The number of aromatic nitrogens is 1. The molecule has 0 aliphatic carbocycles. The first-order valence-electron chi connectivity index (χ1n) is 7.07. The van der Waals surface area contributed by atoms with Gasteiger partial charge in [0.15, 0.2) is 9.84 Å². The molecule has 1 atom stereocenters. The number of carbonyl (C=O) groups is 1. The van der Waals surface area contributed by atoms with E-state index in [0.29, 0.717) is 13.0 Å². The Balaban J connectivity index is 2.21. The molecular formula is C14H19FN2O3S. The van der Waals surface area contributed by atoms with E-state index < -0.39 is 21.7 Å². The predicted octanol–water partition coefficient (Wildman–Crippen LogP) is 1.65. The number of rotatable bonds is 5. The molecule has 116 valence electrons. The van der Waals surface area contributed by atoms with Crippen LogP contribution in [0.1, 0.15) is 36.7 Å². The summed E-state index contributed by atoms with van der Waals surface area (Å²) in [4.78, 5) is 17.6. The molecule has 1 amide bonds. The average molecular weight is 314 g/mol. The average Bonchev–Trinajstić information content (AvgIpc) is 2.79. The first kappa shape index (κ1) is 15.9. The van der Waals surface area contributed by atoms with E-state index in [2.05, 4.69) is 4.98 Å². The zero-order chi connectivity index (χ0) is 15.5. The summed E-state index contributed by atoms with van der Waals surface area (Å²) in [6.45, 7) is 2.46. The fourth-order valence-corrected chi connectivity index (χ4v) is 4.20. The lowest BCUT2D eigenvalue weighted by Crippen LogP contribution is -2.42. The molecule has 0 spiro atoms. The predicted molar refractivity (Wildman–Crippen MR) is 77.2 cm³/mol. The topological polar surface area (TPSA) is 67.3 Å². The van der Waals surface area contributed by atoms with Gasteiger partial charge in [-0.3, -0.25) is 4.79 Å². The molecule has 21 heavy (non-hydrogen) atoms. The van der Waals surface area contributed by atoms with Gasteiger partial charge in [0.2, 0.25) is 5.95 Å². The number of unbranched alkanes of at least 4 members (excludes halogenated alkanes) is 1. The van der Waals surface area contributed by atoms with Gasteiger partial charge in [-0.15, -0.1) is 0 Å². The van der Waals surface area contributed by atoms with Crippen LogP contribution in [0.15, 0.2) is 18.2 Å². The third kappa shape index (κ3) is 4.00. The van der Waals surface area contributed by atoms with Crippen molar-refractivity contribution in [2.75, 3.05) is 18.1 Å². The van der Waals surface area contributed by atoms with Crippen LogP contribution in [-0.4, -0.2) is 48.3 Å². The maximum atomic E-state index is 13.2. The number of hydrogen-bond acceptors (Lipinski definition) is 4. The van der Waals surface area contributed by atoms with Gasteiger partial charge in [-0.05, 0) is 25.0 Å². The normalized spacial score (nSPS) is 20.4. The van der Waals surface area contributed by atoms with E-state index in [1.807, 2.05) is 6.92 Å². The molecule has 0 aromatic carbocycles. The van der Waals surface area contributed by atoms with E-state index >= 15 is 0 Å². The number of pyridine rings is 1.